The third-order valence-electron chi connectivity index (χ3n) is 8.06. The minimum absolute atomic E-state index is 0.00349. The molecule has 2 heterocycles. The molecule has 4 N–H and O–H groups in total. The smallest absolute Gasteiger partial charge is 0.243 e. The summed E-state index contributed by atoms with van der Waals surface area (Å²) in [4.78, 5) is 54.4. The van der Waals surface area contributed by atoms with Gasteiger partial charge in [0.25, 0.3) is 0 Å². The van der Waals surface area contributed by atoms with E-state index in [0.717, 1.165) is 62.4 Å². The molecule has 1 aromatic heterocycles. The fraction of sp³-hybridized carbons (Fsp3) is 0.658. The average molecular weight is 704 g/mol. The predicted molar refractivity (Wildman–Crippen MR) is 203 cm³/mol. The first kappa shape index (κ1) is 46.0. The zero-order chi connectivity index (χ0) is 37.6. The number of likely N-dealkylation sites (tertiary alicyclic amines) is 1. The summed E-state index contributed by atoms with van der Waals surface area (Å²) < 4.78 is 0. The number of nitrogens with zero attached hydrogens (tertiary/aromatic N) is 2. The SMILES string of the molecule is CCC.CC[C@H](NCCCCC=O)C(C)=O.CN[C@H](C(=O)N1CCC[C@H]1C(=O)N[C@@H](C)c1ccc(-c2scnc2C)cc1)C(C)(C)C.CO. The van der Waals surface area contributed by atoms with Crippen molar-refractivity contribution in [2.24, 2.45) is 5.41 Å². The number of aliphatic hydroxyl groups is 1. The van der Waals surface area contributed by atoms with Gasteiger partial charge in [0, 0.05) is 20.1 Å². The van der Waals surface area contributed by atoms with Crippen LogP contribution in [0, 0.1) is 12.3 Å². The lowest BCUT2D eigenvalue weighted by atomic mass is 9.86. The molecule has 1 fully saturated rings. The van der Waals surface area contributed by atoms with Crippen LogP contribution in [0.2, 0.25) is 0 Å². The van der Waals surface area contributed by atoms with E-state index in [1.807, 2.05) is 59.2 Å². The number of carbonyl (C=O) groups is 4. The fourth-order valence-corrected chi connectivity index (χ4v) is 6.31. The molecular formula is C38H65N5O5S. The Morgan fingerprint density at radius 2 is 1.71 bits per heavy atom. The number of thiazole rings is 1. The molecule has 0 saturated carbocycles. The van der Waals surface area contributed by atoms with Crippen LogP contribution in [-0.2, 0) is 19.2 Å². The second kappa shape index (κ2) is 25.0. The monoisotopic (exact) mass is 703 g/mol. The van der Waals surface area contributed by atoms with Gasteiger partial charge in [-0.05, 0) is 83.0 Å². The highest BCUT2D eigenvalue weighted by molar-refractivity contribution is 7.13. The maximum atomic E-state index is 13.2. The van der Waals surface area contributed by atoms with E-state index >= 15 is 0 Å². The topological polar surface area (TPSA) is 141 Å². The van der Waals surface area contributed by atoms with Gasteiger partial charge >= 0.3 is 0 Å². The molecule has 11 heteroatoms. The molecule has 3 rings (SSSR count). The number of aldehydes is 1. The lowest BCUT2D eigenvalue weighted by Gasteiger charge is -2.35. The van der Waals surface area contributed by atoms with Crippen LogP contribution in [-0.4, -0.2) is 84.2 Å². The Hall–Kier alpha value is -2.99. The van der Waals surface area contributed by atoms with Gasteiger partial charge in [-0.1, -0.05) is 72.2 Å². The summed E-state index contributed by atoms with van der Waals surface area (Å²) in [6.07, 6.45) is 7.06. The summed E-state index contributed by atoms with van der Waals surface area (Å²) in [6, 6.07) is 7.38. The average Bonchev–Trinajstić information content (AvgIpc) is 3.73. The number of ketones is 1. The van der Waals surface area contributed by atoms with Crippen molar-refractivity contribution in [3.05, 3.63) is 41.0 Å². The van der Waals surface area contributed by atoms with E-state index in [9.17, 15) is 19.2 Å². The molecule has 278 valence electrons. The Morgan fingerprint density at radius 1 is 1.10 bits per heavy atom. The number of rotatable bonds is 14. The van der Waals surface area contributed by atoms with Gasteiger partial charge in [-0.15, -0.1) is 11.3 Å². The third-order valence-corrected chi connectivity index (χ3v) is 9.03. The van der Waals surface area contributed by atoms with Crippen LogP contribution in [0.1, 0.15) is 118 Å². The first-order valence-corrected chi connectivity index (χ1v) is 18.6. The molecule has 49 heavy (non-hydrogen) atoms. The minimum atomic E-state index is -0.410. The highest BCUT2D eigenvalue weighted by Gasteiger charge is 2.40. The van der Waals surface area contributed by atoms with Gasteiger partial charge in [0.05, 0.1) is 34.2 Å². The van der Waals surface area contributed by atoms with Crippen LogP contribution < -0.4 is 16.0 Å². The predicted octanol–water partition coefficient (Wildman–Crippen LogP) is 6.26. The van der Waals surface area contributed by atoms with Crippen molar-refractivity contribution in [3.8, 4) is 10.4 Å². The Balaban J connectivity index is 0.00000107. The van der Waals surface area contributed by atoms with Crippen molar-refractivity contribution >= 4 is 35.2 Å². The number of aromatic nitrogens is 1. The fourth-order valence-electron chi connectivity index (χ4n) is 5.50. The van der Waals surface area contributed by atoms with Crippen LogP contribution in [0.25, 0.3) is 10.4 Å². The van der Waals surface area contributed by atoms with Crippen LogP contribution in [0.5, 0.6) is 0 Å². The van der Waals surface area contributed by atoms with Crippen molar-refractivity contribution < 1.29 is 24.3 Å². The van der Waals surface area contributed by atoms with Gasteiger partial charge in [-0.25, -0.2) is 4.98 Å². The second-order valence-corrected chi connectivity index (χ2v) is 14.1. The summed E-state index contributed by atoms with van der Waals surface area (Å²) in [7, 11) is 2.80. The summed E-state index contributed by atoms with van der Waals surface area (Å²) in [6.45, 7) is 19.4. The number of aryl methyl sites for hydroxylation is 1. The first-order chi connectivity index (χ1) is 23.3. The van der Waals surface area contributed by atoms with Gasteiger partial charge in [0.2, 0.25) is 11.8 Å². The van der Waals surface area contributed by atoms with Gasteiger partial charge in [-0.3, -0.25) is 14.4 Å². The Labute approximate surface area is 300 Å². The minimum Gasteiger partial charge on any atom is -0.400 e. The largest absolute Gasteiger partial charge is 0.400 e. The third kappa shape index (κ3) is 16.1. The number of nitrogens with one attached hydrogen (secondary N) is 3. The molecule has 1 aromatic carbocycles. The van der Waals surface area contributed by atoms with E-state index in [-0.39, 0.29) is 41.1 Å². The van der Waals surface area contributed by atoms with Crippen molar-refractivity contribution in [2.75, 3.05) is 27.2 Å². The number of hydrogen-bond donors (Lipinski definition) is 4. The zero-order valence-corrected chi connectivity index (χ0v) is 32.8. The number of benzene rings is 1. The van der Waals surface area contributed by atoms with E-state index in [2.05, 4.69) is 46.9 Å². The standard InChI is InChI=1S/C24H34N4O2S.C10H19NO2.C3H8.CH4O/c1-15(17-9-11-18(12-10-17)20-16(2)26-14-31-20)27-22(29)19-8-7-13-28(19)23(30)21(25-6)24(3,4)5;1-3-10(9(2)13)11-7-5-4-6-8-12;1-3-2;1-2/h9-12,14-15,19,21,25H,7-8,13H2,1-6H3,(H,27,29);8,10-11H,3-7H2,1-2H3;3H2,1-2H3;2H,1H3/t15-,19-,21+;10-;;/m00../s1. The maximum Gasteiger partial charge on any atom is 0.243 e. The lowest BCUT2D eigenvalue weighted by Crippen LogP contribution is -2.55. The summed E-state index contributed by atoms with van der Waals surface area (Å²) in [5.74, 6) is 0.118. The molecule has 0 bridgehead atoms. The second-order valence-electron chi connectivity index (χ2n) is 13.3. The molecular weight excluding hydrogens is 639 g/mol. The van der Waals surface area contributed by atoms with Crippen LogP contribution in [0.15, 0.2) is 29.8 Å². The summed E-state index contributed by atoms with van der Waals surface area (Å²) >= 11 is 1.63. The molecule has 1 saturated heterocycles. The quantitative estimate of drug-likeness (QED) is 0.134. The summed E-state index contributed by atoms with van der Waals surface area (Å²) in [5, 5.41) is 16.4. The number of Topliss-reactive ketones (excluding diaryl/α,β-unsaturated/α-hetero) is 1. The number of hydrogen-bond acceptors (Lipinski definition) is 9. The number of carbonyl (C=O) groups excluding carboxylic acids is 4. The van der Waals surface area contributed by atoms with Crippen molar-refractivity contribution in [3.63, 3.8) is 0 Å². The normalized spacial score (nSPS) is 15.6. The van der Waals surface area contributed by atoms with E-state index in [4.69, 9.17) is 5.11 Å². The van der Waals surface area contributed by atoms with Gasteiger partial charge in [0.1, 0.15) is 18.1 Å². The maximum absolute atomic E-state index is 13.2. The number of aliphatic hydroxyl groups excluding tert-OH is 1. The molecule has 0 aliphatic carbocycles. The van der Waals surface area contributed by atoms with E-state index in [1.165, 1.54) is 11.3 Å². The van der Waals surface area contributed by atoms with Crippen molar-refractivity contribution in [2.45, 2.75) is 131 Å². The van der Waals surface area contributed by atoms with Crippen molar-refractivity contribution in [1.82, 2.24) is 25.8 Å². The van der Waals surface area contributed by atoms with Gasteiger partial charge in [0.15, 0.2) is 0 Å². The molecule has 10 nitrogen and oxygen atoms in total. The van der Waals surface area contributed by atoms with E-state index in [0.29, 0.717) is 19.4 Å². The Morgan fingerprint density at radius 3 is 2.18 bits per heavy atom. The van der Waals surface area contributed by atoms with Gasteiger partial charge in [-0.2, -0.15) is 0 Å². The van der Waals surface area contributed by atoms with Gasteiger partial charge < -0.3 is 30.8 Å². The molecule has 0 spiro atoms. The number of amides is 2. The van der Waals surface area contributed by atoms with E-state index < -0.39 is 6.04 Å². The highest BCUT2D eigenvalue weighted by Crippen LogP contribution is 2.29. The molecule has 2 aromatic rings. The molecule has 0 unspecified atom stereocenters. The first-order valence-electron chi connectivity index (χ1n) is 17.7. The van der Waals surface area contributed by atoms with Crippen LogP contribution in [0.4, 0.5) is 0 Å². The Kier molecular flexibility index (Phi) is 23.5. The van der Waals surface area contributed by atoms with Crippen LogP contribution >= 0.6 is 11.3 Å². The lowest BCUT2D eigenvalue weighted by molar-refractivity contribution is -0.142. The van der Waals surface area contributed by atoms with E-state index in [1.54, 1.807) is 30.2 Å². The molecule has 1 aliphatic rings. The number of likely N-dealkylation sites (N-methyl/N-ethyl adjacent to an activating group) is 1. The summed E-state index contributed by atoms with van der Waals surface area (Å²) in [5.41, 5.74) is 4.84. The number of unbranched alkanes of at least 4 members (excludes halogenated alkanes) is 2. The molecule has 0 radical (unpaired) electrons. The molecule has 2 amide bonds. The molecule has 4 atom stereocenters. The van der Waals surface area contributed by atoms with Crippen LogP contribution in [0.3, 0.4) is 0 Å². The molecule has 1 aliphatic heterocycles. The zero-order valence-electron chi connectivity index (χ0n) is 32.0. The van der Waals surface area contributed by atoms with Crippen molar-refractivity contribution in [1.29, 1.82) is 0 Å². The Bertz CT molecular complexity index is 1230. The highest BCUT2D eigenvalue weighted by atomic mass is 32.1.